The van der Waals surface area contributed by atoms with Gasteiger partial charge in [0, 0.05) is 13.1 Å². The van der Waals surface area contributed by atoms with Gasteiger partial charge in [-0.25, -0.2) is 0 Å². The maximum atomic E-state index is 12.7. The summed E-state index contributed by atoms with van der Waals surface area (Å²) in [5.74, 6) is 0. The summed E-state index contributed by atoms with van der Waals surface area (Å²) in [5.41, 5.74) is 1.18. The van der Waals surface area contributed by atoms with Gasteiger partial charge in [-0.1, -0.05) is 38.0 Å². The molecule has 0 unspecified atom stereocenters. The fourth-order valence-corrected chi connectivity index (χ4v) is 2.66. The Morgan fingerprint density at radius 2 is 1.95 bits per heavy atom. The predicted molar refractivity (Wildman–Crippen MR) is 87.3 cm³/mol. The molecule has 0 fully saturated rings. The lowest BCUT2D eigenvalue weighted by Gasteiger charge is -2.26. The number of benzene rings is 1. The third-order valence-electron chi connectivity index (χ3n) is 3.93. The van der Waals surface area contributed by atoms with Crippen LogP contribution in [-0.4, -0.2) is 24.5 Å². The molecule has 22 heavy (non-hydrogen) atoms. The van der Waals surface area contributed by atoms with Crippen molar-refractivity contribution >= 4 is 18.0 Å². The monoisotopic (exact) mass is 333 g/mol. The Kier molecular flexibility index (Phi) is 7.43. The van der Waals surface area contributed by atoms with E-state index in [1.807, 2.05) is 0 Å². The van der Waals surface area contributed by atoms with Gasteiger partial charge in [-0.2, -0.15) is 13.2 Å². The molecule has 0 amide bonds. The average Bonchev–Trinajstić information content (AvgIpc) is 2.47. The van der Waals surface area contributed by atoms with Crippen LogP contribution in [0.2, 0.25) is 0 Å². The Morgan fingerprint density at radius 1 is 1.18 bits per heavy atom. The maximum Gasteiger partial charge on any atom is 0.416 e. The second kappa shape index (κ2) is 8.59. The van der Waals surface area contributed by atoms with Gasteiger partial charge in [-0.3, -0.25) is 4.90 Å². The van der Waals surface area contributed by atoms with Gasteiger partial charge in [0.05, 0.1) is 5.56 Å². The molecule has 0 radical (unpaired) electrons. The normalized spacial score (nSPS) is 16.1. The summed E-state index contributed by atoms with van der Waals surface area (Å²) in [6.07, 6.45) is 2.28. The minimum atomic E-state index is -4.27. The van der Waals surface area contributed by atoms with Gasteiger partial charge < -0.3 is 0 Å². The Balaban J connectivity index is 0.00000242. The lowest BCUT2D eigenvalue weighted by molar-refractivity contribution is -0.137. The smallest absolute Gasteiger partial charge is 0.299 e. The van der Waals surface area contributed by atoms with Crippen LogP contribution in [0.15, 0.2) is 30.3 Å². The molecule has 5 heteroatoms. The van der Waals surface area contributed by atoms with E-state index < -0.39 is 11.7 Å². The van der Waals surface area contributed by atoms with Crippen LogP contribution < -0.4 is 0 Å². The highest BCUT2D eigenvalue weighted by molar-refractivity contribution is 5.85. The molecule has 1 aliphatic heterocycles. The van der Waals surface area contributed by atoms with E-state index in [4.69, 9.17) is 0 Å². The first-order valence-electron chi connectivity index (χ1n) is 7.59. The van der Waals surface area contributed by atoms with Crippen molar-refractivity contribution in [3.05, 3.63) is 41.5 Å². The largest absolute Gasteiger partial charge is 0.416 e. The van der Waals surface area contributed by atoms with Crippen molar-refractivity contribution in [2.45, 2.75) is 38.8 Å². The second-order valence-electron chi connectivity index (χ2n) is 5.57. The van der Waals surface area contributed by atoms with Gasteiger partial charge in [0.1, 0.15) is 0 Å². The summed E-state index contributed by atoms with van der Waals surface area (Å²) < 4.78 is 38.2. The first-order valence-corrected chi connectivity index (χ1v) is 7.59. The summed E-state index contributed by atoms with van der Waals surface area (Å²) in [6, 6.07) is 5.66. The molecule has 1 aliphatic rings. The first-order chi connectivity index (χ1) is 10.0. The van der Waals surface area contributed by atoms with Crippen molar-refractivity contribution in [1.82, 2.24) is 4.90 Å². The molecule has 124 valence electrons. The maximum absolute atomic E-state index is 12.7. The van der Waals surface area contributed by atoms with E-state index in [2.05, 4.69) is 17.9 Å². The molecule has 0 saturated carbocycles. The molecule has 2 rings (SSSR count). The summed E-state index contributed by atoms with van der Waals surface area (Å²) in [6.45, 7) is 5.04. The van der Waals surface area contributed by atoms with Crippen LogP contribution in [-0.2, 0) is 6.18 Å². The molecular formula is C17H23ClF3N. The topological polar surface area (TPSA) is 3.24 Å². The summed E-state index contributed by atoms with van der Waals surface area (Å²) in [4.78, 5) is 2.37. The van der Waals surface area contributed by atoms with Crippen molar-refractivity contribution in [3.8, 4) is 0 Å². The van der Waals surface area contributed by atoms with Gasteiger partial charge in [-0.05, 0) is 42.7 Å². The molecule has 0 aliphatic carbocycles. The van der Waals surface area contributed by atoms with Crippen LogP contribution in [0.25, 0.3) is 5.57 Å². The molecule has 1 aromatic carbocycles. The number of unbranched alkanes of at least 4 members (excludes halogenated alkanes) is 2. The van der Waals surface area contributed by atoms with Gasteiger partial charge in [0.15, 0.2) is 0 Å². The standard InChI is InChI=1S/C17H22F3N.ClH/c1-2-3-4-10-21-11-8-14(9-12-21)15-6-5-7-16(13-15)17(18,19)20;/h5-8,13H,2-4,9-12H2,1H3;1H. The highest BCUT2D eigenvalue weighted by Gasteiger charge is 2.30. The van der Waals surface area contributed by atoms with Crippen LogP contribution in [0.5, 0.6) is 0 Å². The van der Waals surface area contributed by atoms with E-state index in [1.54, 1.807) is 6.07 Å². The Morgan fingerprint density at radius 3 is 2.55 bits per heavy atom. The second-order valence-corrected chi connectivity index (χ2v) is 5.57. The molecule has 1 heterocycles. The molecule has 0 atom stereocenters. The van der Waals surface area contributed by atoms with E-state index in [9.17, 15) is 13.2 Å². The van der Waals surface area contributed by atoms with Gasteiger partial charge >= 0.3 is 6.18 Å². The van der Waals surface area contributed by atoms with Crippen LogP contribution >= 0.6 is 12.4 Å². The van der Waals surface area contributed by atoms with Crippen molar-refractivity contribution in [2.24, 2.45) is 0 Å². The van der Waals surface area contributed by atoms with Crippen LogP contribution in [0.1, 0.15) is 43.7 Å². The molecule has 1 nitrogen and oxygen atoms in total. The van der Waals surface area contributed by atoms with Gasteiger partial charge in [0.25, 0.3) is 0 Å². The number of nitrogens with zero attached hydrogens (tertiary/aromatic N) is 1. The van der Waals surface area contributed by atoms with Gasteiger partial charge in [0.2, 0.25) is 0 Å². The van der Waals surface area contributed by atoms with Crippen molar-refractivity contribution in [1.29, 1.82) is 0 Å². The lowest BCUT2D eigenvalue weighted by Crippen LogP contribution is -2.29. The van der Waals surface area contributed by atoms with E-state index in [1.165, 1.54) is 31.4 Å². The predicted octanol–water partition coefficient (Wildman–Crippen LogP) is 5.41. The van der Waals surface area contributed by atoms with Crippen molar-refractivity contribution in [3.63, 3.8) is 0 Å². The Labute approximate surface area is 136 Å². The fourth-order valence-electron chi connectivity index (χ4n) is 2.66. The van der Waals surface area contributed by atoms with Crippen molar-refractivity contribution < 1.29 is 13.2 Å². The fraction of sp³-hybridized carbons (Fsp3) is 0.529. The quantitative estimate of drug-likeness (QED) is 0.651. The molecule has 0 bridgehead atoms. The Bertz CT molecular complexity index is 497. The van der Waals surface area contributed by atoms with Crippen LogP contribution in [0.3, 0.4) is 0 Å². The van der Waals surface area contributed by atoms with E-state index >= 15 is 0 Å². The zero-order valence-electron chi connectivity index (χ0n) is 12.8. The molecule has 1 aromatic rings. The van der Waals surface area contributed by atoms with Crippen molar-refractivity contribution in [2.75, 3.05) is 19.6 Å². The minimum Gasteiger partial charge on any atom is -0.299 e. The highest BCUT2D eigenvalue weighted by atomic mass is 35.5. The number of hydrogen-bond donors (Lipinski definition) is 0. The summed E-state index contributed by atoms with van der Waals surface area (Å²) >= 11 is 0. The molecule has 0 N–H and O–H groups in total. The first kappa shape index (κ1) is 19.0. The van der Waals surface area contributed by atoms with E-state index in [0.717, 1.165) is 37.7 Å². The third kappa shape index (κ3) is 5.33. The number of hydrogen-bond acceptors (Lipinski definition) is 1. The Hall–Kier alpha value is -1.00. The molecule has 0 aromatic heterocycles. The summed E-state index contributed by atoms with van der Waals surface area (Å²) in [5, 5.41) is 0. The average molecular weight is 334 g/mol. The SMILES string of the molecule is CCCCCN1CC=C(c2cccc(C(F)(F)F)c2)CC1.Cl. The number of halogens is 4. The zero-order chi connectivity index (χ0) is 15.3. The third-order valence-corrected chi connectivity index (χ3v) is 3.93. The van der Waals surface area contributed by atoms with E-state index in [0.29, 0.717) is 5.56 Å². The number of rotatable bonds is 5. The van der Waals surface area contributed by atoms with Crippen LogP contribution in [0, 0.1) is 0 Å². The zero-order valence-corrected chi connectivity index (χ0v) is 13.6. The molecule has 0 saturated heterocycles. The van der Waals surface area contributed by atoms with E-state index in [-0.39, 0.29) is 12.4 Å². The summed E-state index contributed by atoms with van der Waals surface area (Å²) in [7, 11) is 0. The molecule has 0 spiro atoms. The van der Waals surface area contributed by atoms with Crippen LogP contribution in [0.4, 0.5) is 13.2 Å². The number of alkyl halides is 3. The highest BCUT2D eigenvalue weighted by Crippen LogP contribution is 2.32. The molecular weight excluding hydrogens is 311 g/mol. The minimum absolute atomic E-state index is 0. The van der Waals surface area contributed by atoms with Gasteiger partial charge in [-0.15, -0.1) is 12.4 Å². The lowest BCUT2D eigenvalue weighted by atomic mass is 9.97.